The van der Waals surface area contributed by atoms with Crippen molar-refractivity contribution in [2.24, 2.45) is 0 Å². The molecule has 1 aliphatic heterocycles. The van der Waals surface area contributed by atoms with E-state index < -0.39 is 6.29 Å². The molecular formula is C33H38N6O6S. The van der Waals surface area contributed by atoms with Gasteiger partial charge in [0.05, 0.1) is 24.5 Å². The quantitative estimate of drug-likeness (QED) is 0.110. The number of hydrogen-bond donors (Lipinski definition) is 4. The van der Waals surface area contributed by atoms with Crippen LogP contribution in [0.4, 0.5) is 5.69 Å². The van der Waals surface area contributed by atoms with Gasteiger partial charge >= 0.3 is 0 Å². The minimum atomic E-state index is -0.650. The summed E-state index contributed by atoms with van der Waals surface area (Å²) in [7, 11) is 0. The van der Waals surface area contributed by atoms with Crippen molar-refractivity contribution in [1.29, 1.82) is 0 Å². The van der Waals surface area contributed by atoms with Gasteiger partial charge in [0.25, 0.3) is 0 Å². The van der Waals surface area contributed by atoms with Crippen LogP contribution >= 0.6 is 11.8 Å². The van der Waals surface area contributed by atoms with Crippen LogP contribution in [0.5, 0.6) is 5.75 Å². The van der Waals surface area contributed by atoms with Crippen LogP contribution in [0, 0.1) is 0 Å². The average Bonchev–Trinajstić information content (AvgIpc) is 3.54. The summed E-state index contributed by atoms with van der Waals surface area (Å²) >= 11 is 1.47. The van der Waals surface area contributed by atoms with Crippen molar-refractivity contribution in [2.45, 2.75) is 69.3 Å². The molecule has 13 heteroatoms. The number of carbonyl (C=O) groups is 2. The van der Waals surface area contributed by atoms with E-state index in [-0.39, 0.29) is 36.4 Å². The number of anilines is 1. The van der Waals surface area contributed by atoms with Crippen LogP contribution in [0.25, 0.3) is 5.69 Å². The lowest BCUT2D eigenvalue weighted by atomic mass is 10.0. The molecule has 0 bridgehead atoms. The Balaban J connectivity index is 1.22. The number of ether oxygens (including phenoxy) is 2. The summed E-state index contributed by atoms with van der Waals surface area (Å²) in [4.78, 5) is 23.4. The molecule has 1 aliphatic rings. The third-order valence-corrected chi connectivity index (χ3v) is 8.52. The first-order valence-corrected chi connectivity index (χ1v) is 16.2. The van der Waals surface area contributed by atoms with E-state index in [1.165, 1.54) is 18.7 Å². The van der Waals surface area contributed by atoms with Gasteiger partial charge in [-0.15, -0.1) is 5.10 Å². The number of thioether (sulfide) groups is 1. The second-order valence-electron chi connectivity index (χ2n) is 11.0. The van der Waals surface area contributed by atoms with E-state index in [2.05, 4.69) is 26.2 Å². The van der Waals surface area contributed by atoms with Gasteiger partial charge < -0.3 is 30.3 Å². The number of rotatable bonds is 14. The van der Waals surface area contributed by atoms with Crippen LogP contribution in [0.15, 0.2) is 78.0 Å². The Morgan fingerprint density at radius 1 is 0.957 bits per heavy atom. The van der Waals surface area contributed by atoms with Crippen LogP contribution in [0.3, 0.4) is 0 Å². The molecule has 0 radical (unpaired) electrons. The number of tetrazole rings is 1. The topological polar surface area (TPSA) is 161 Å². The van der Waals surface area contributed by atoms with E-state index in [0.717, 1.165) is 41.6 Å². The molecule has 0 spiro atoms. The molecule has 46 heavy (non-hydrogen) atoms. The van der Waals surface area contributed by atoms with Crippen LogP contribution in [0.2, 0.25) is 0 Å². The molecule has 0 saturated carbocycles. The Bertz CT molecular complexity index is 1570. The maximum atomic E-state index is 12.5. The molecule has 0 unspecified atom stereocenters. The first-order valence-electron chi connectivity index (χ1n) is 15.2. The number of carbonyl (C=O) groups excluding carboxylic acids is 2. The van der Waals surface area contributed by atoms with Crippen molar-refractivity contribution in [2.75, 3.05) is 17.6 Å². The van der Waals surface area contributed by atoms with Crippen molar-refractivity contribution in [1.82, 2.24) is 25.5 Å². The largest absolute Gasteiger partial charge is 0.508 e. The number of nitrogens with zero attached hydrogens (tertiary/aromatic N) is 4. The highest BCUT2D eigenvalue weighted by Crippen LogP contribution is 2.39. The summed E-state index contributed by atoms with van der Waals surface area (Å²) in [6.07, 6.45) is 2.33. The normalized spacial score (nSPS) is 17.8. The zero-order valence-corrected chi connectivity index (χ0v) is 26.4. The molecular weight excluding hydrogens is 608 g/mol. The smallest absolute Gasteiger partial charge is 0.224 e. The van der Waals surface area contributed by atoms with Crippen molar-refractivity contribution in [3.8, 4) is 11.4 Å². The van der Waals surface area contributed by atoms with Gasteiger partial charge in [-0.25, -0.2) is 0 Å². The van der Waals surface area contributed by atoms with Crippen LogP contribution < -0.4 is 10.6 Å². The summed E-state index contributed by atoms with van der Waals surface area (Å²) < 4.78 is 14.5. The molecule has 242 valence electrons. The third-order valence-electron chi connectivity index (χ3n) is 7.47. The standard InChI is InChI=1S/C33H38N6O6S/c1-22(41)34-18-4-2-3-5-31(43)35-26-12-10-25(11-13-26)32-44-29(19-30(45-32)24-8-6-23(20-40)7-9-24)21-46-33-36-37-38-39(33)27-14-16-28(42)17-15-27/h6-17,29-30,32,40,42H,2-5,18-21H2,1H3,(H,34,41)(H,35,43)/t29-,30+,32+/m1/s1. The Hall–Kier alpha value is -4.30. The van der Waals surface area contributed by atoms with E-state index >= 15 is 0 Å². The Morgan fingerprint density at radius 3 is 2.41 bits per heavy atom. The monoisotopic (exact) mass is 646 g/mol. The molecule has 5 rings (SSSR count). The van der Waals surface area contributed by atoms with E-state index in [0.29, 0.717) is 36.0 Å². The van der Waals surface area contributed by atoms with Gasteiger partial charge in [0.15, 0.2) is 6.29 Å². The van der Waals surface area contributed by atoms with Gasteiger partial charge in [-0.05, 0) is 70.8 Å². The Labute approximate surface area is 271 Å². The SMILES string of the molecule is CC(=O)NCCCCCC(=O)Nc1ccc([C@H]2O[C@@H](CSc3nnnn3-c3ccc(O)cc3)C[C@@H](c3ccc(CO)cc3)O2)cc1. The molecule has 2 heterocycles. The highest BCUT2D eigenvalue weighted by atomic mass is 32.2. The number of aromatic nitrogens is 4. The number of phenolic OH excluding ortho intramolecular Hbond substituents is 1. The summed E-state index contributed by atoms with van der Waals surface area (Å²) in [5.74, 6) is 0.614. The van der Waals surface area contributed by atoms with Crippen molar-refractivity contribution in [3.63, 3.8) is 0 Å². The van der Waals surface area contributed by atoms with Crippen molar-refractivity contribution in [3.05, 3.63) is 89.5 Å². The number of phenols is 1. The minimum Gasteiger partial charge on any atom is -0.508 e. The molecule has 12 nitrogen and oxygen atoms in total. The first kappa shape index (κ1) is 33.1. The Morgan fingerprint density at radius 2 is 1.70 bits per heavy atom. The van der Waals surface area contributed by atoms with Gasteiger partial charge in [0.2, 0.25) is 17.0 Å². The maximum absolute atomic E-state index is 12.5. The number of amides is 2. The highest BCUT2D eigenvalue weighted by molar-refractivity contribution is 7.99. The lowest BCUT2D eigenvalue weighted by molar-refractivity contribution is -0.245. The first-order chi connectivity index (χ1) is 22.4. The zero-order valence-electron chi connectivity index (χ0n) is 25.5. The highest BCUT2D eigenvalue weighted by Gasteiger charge is 2.32. The fraction of sp³-hybridized carbons (Fsp3) is 0.364. The molecule has 1 fully saturated rings. The van der Waals surface area contributed by atoms with E-state index in [4.69, 9.17) is 9.47 Å². The van der Waals surface area contributed by atoms with Crippen LogP contribution in [-0.2, 0) is 25.7 Å². The molecule has 1 saturated heterocycles. The number of hydrogen-bond acceptors (Lipinski definition) is 10. The number of benzene rings is 3. The van der Waals surface area contributed by atoms with Gasteiger partial charge in [0.1, 0.15) is 5.75 Å². The number of nitrogens with one attached hydrogen (secondary N) is 2. The molecule has 2 amide bonds. The van der Waals surface area contributed by atoms with Gasteiger partial charge in [0, 0.05) is 43.3 Å². The third kappa shape index (κ3) is 9.36. The fourth-order valence-electron chi connectivity index (χ4n) is 5.01. The van der Waals surface area contributed by atoms with Gasteiger partial charge in [-0.1, -0.05) is 54.6 Å². The number of unbranched alkanes of at least 4 members (excludes halogenated alkanes) is 2. The molecule has 3 atom stereocenters. The number of aliphatic hydroxyl groups excluding tert-OH is 1. The predicted molar refractivity (Wildman–Crippen MR) is 172 cm³/mol. The minimum absolute atomic E-state index is 0.0337. The Kier molecular flexibility index (Phi) is 11.7. The van der Waals surface area contributed by atoms with Crippen molar-refractivity contribution >= 4 is 29.3 Å². The summed E-state index contributed by atoms with van der Waals surface area (Å²) in [5.41, 5.74) is 4.04. The van der Waals surface area contributed by atoms with E-state index in [1.807, 2.05) is 48.5 Å². The molecule has 0 aliphatic carbocycles. The number of aromatic hydroxyl groups is 1. The maximum Gasteiger partial charge on any atom is 0.224 e. The molecule has 1 aromatic heterocycles. The number of aliphatic hydroxyl groups is 1. The zero-order chi connectivity index (χ0) is 32.3. The van der Waals surface area contributed by atoms with Crippen LogP contribution in [0.1, 0.15) is 68.1 Å². The average molecular weight is 647 g/mol. The second kappa shape index (κ2) is 16.3. The van der Waals surface area contributed by atoms with Gasteiger partial charge in [-0.2, -0.15) is 4.68 Å². The summed E-state index contributed by atoms with van der Waals surface area (Å²) in [6.45, 7) is 2.08. The van der Waals surface area contributed by atoms with E-state index in [1.54, 1.807) is 28.9 Å². The lowest BCUT2D eigenvalue weighted by Gasteiger charge is -2.36. The summed E-state index contributed by atoms with van der Waals surface area (Å²) in [6, 6.07) is 21.8. The second-order valence-corrected chi connectivity index (χ2v) is 12.0. The lowest BCUT2D eigenvalue weighted by Crippen LogP contribution is -2.31. The van der Waals surface area contributed by atoms with Gasteiger partial charge in [-0.3, -0.25) is 9.59 Å². The van der Waals surface area contributed by atoms with E-state index in [9.17, 15) is 19.8 Å². The predicted octanol–water partition coefficient (Wildman–Crippen LogP) is 4.83. The summed E-state index contributed by atoms with van der Waals surface area (Å²) in [5, 5.41) is 37.6. The fourth-order valence-corrected chi connectivity index (χ4v) is 5.92. The molecule has 4 aromatic rings. The molecule has 3 aromatic carbocycles. The van der Waals surface area contributed by atoms with Crippen molar-refractivity contribution < 1.29 is 29.3 Å². The van der Waals surface area contributed by atoms with Crippen LogP contribution in [-0.4, -0.2) is 60.6 Å². The molecule has 4 N–H and O–H groups in total.